The first kappa shape index (κ1) is 24.1. The summed E-state index contributed by atoms with van der Waals surface area (Å²) in [4.78, 5) is 11.8. The second-order valence-corrected chi connectivity index (χ2v) is 10.2. The number of para-hydroxylation sites is 1. The SMILES string of the molecule is COC(=O)c1ccc(C2C(C#N)=C(N)OC3=C2S(=O)(=O)N(Cc2ccc(F)cc2)c2ccccc23)cc1. The summed E-state index contributed by atoms with van der Waals surface area (Å²) in [6, 6.07) is 20.4. The highest BCUT2D eigenvalue weighted by atomic mass is 32.2. The highest BCUT2D eigenvalue weighted by molar-refractivity contribution is 7.96. The van der Waals surface area contributed by atoms with E-state index in [4.69, 9.17) is 15.2 Å². The Morgan fingerprint density at radius 1 is 1.11 bits per heavy atom. The summed E-state index contributed by atoms with van der Waals surface area (Å²) >= 11 is 0. The third kappa shape index (κ3) is 3.99. The molecule has 0 radical (unpaired) electrons. The number of ether oxygens (including phenoxy) is 2. The number of carbonyl (C=O) groups is 1. The van der Waals surface area contributed by atoms with Gasteiger partial charge in [-0.3, -0.25) is 4.31 Å². The lowest BCUT2D eigenvalue weighted by Crippen LogP contribution is -2.39. The average molecular weight is 518 g/mol. The third-order valence-electron chi connectivity index (χ3n) is 6.26. The van der Waals surface area contributed by atoms with Gasteiger partial charge < -0.3 is 15.2 Å². The summed E-state index contributed by atoms with van der Waals surface area (Å²) in [7, 11) is -3.02. The number of nitriles is 1. The van der Waals surface area contributed by atoms with Crippen molar-refractivity contribution in [1.82, 2.24) is 0 Å². The summed E-state index contributed by atoms with van der Waals surface area (Å²) in [6.45, 7) is -0.0779. The molecule has 0 amide bonds. The minimum Gasteiger partial charge on any atom is -0.465 e. The molecule has 3 aromatic carbocycles. The summed E-state index contributed by atoms with van der Waals surface area (Å²) in [5.41, 5.74) is 8.14. The van der Waals surface area contributed by atoms with Crippen LogP contribution in [0.2, 0.25) is 0 Å². The molecule has 0 bridgehead atoms. The number of sulfonamides is 1. The largest absolute Gasteiger partial charge is 0.465 e. The Bertz CT molecular complexity index is 1620. The van der Waals surface area contributed by atoms with Crippen LogP contribution in [0.1, 0.15) is 33.0 Å². The maximum absolute atomic E-state index is 14.2. The predicted octanol–water partition coefficient (Wildman–Crippen LogP) is 4.14. The fourth-order valence-corrected chi connectivity index (χ4v) is 6.41. The molecule has 0 aromatic heterocycles. The fraction of sp³-hybridized carbons (Fsp3) is 0.111. The zero-order valence-corrected chi connectivity index (χ0v) is 20.3. The van der Waals surface area contributed by atoms with Gasteiger partial charge in [0.15, 0.2) is 5.76 Å². The number of carbonyl (C=O) groups excluding carboxylic acids is 1. The molecule has 0 spiro atoms. The van der Waals surface area contributed by atoms with Crippen molar-refractivity contribution in [1.29, 1.82) is 5.26 Å². The van der Waals surface area contributed by atoms with E-state index in [2.05, 4.69) is 0 Å². The fourth-order valence-electron chi connectivity index (χ4n) is 4.50. The van der Waals surface area contributed by atoms with Gasteiger partial charge in [0, 0.05) is 5.56 Å². The van der Waals surface area contributed by atoms with E-state index in [0.29, 0.717) is 22.4 Å². The van der Waals surface area contributed by atoms with Crippen LogP contribution < -0.4 is 10.0 Å². The number of rotatable bonds is 4. The number of nitrogens with two attached hydrogens (primary N) is 1. The van der Waals surface area contributed by atoms with Crippen molar-refractivity contribution in [3.05, 3.63) is 117 Å². The van der Waals surface area contributed by atoms with Crippen LogP contribution in [0.3, 0.4) is 0 Å². The molecule has 2 aliphatic heterocycles. The van der Waals surface area contributed by atoms with Crippen molar-refractivity contribution in [2.75, 3.05) is 11.4 Å². The molecule has 37 heavy (non-hydrogen) atoms. The van der Waals surface area contributed by atoms with Crippen LogP contribution in [0.15, 0.2) is 89.2 Å². The zero-order chi connectivity index (χ0) is 26.3. The van der Waals surface area contributed by atoms with Gasteiger partial charge in [0.2, 0.25) is 5.88 Å². The van der Waals surface area contributed by atoms with Crippen molar-refractivity contribution >= 4 is 27.4 Å². The number of fused-ring (bicyclic) bond motifs is 2. The molecule has 5 rings (SSSR count). The lowest BCUT2D eigenvalue weighted by molar-refractivity contribution is 0.0600. The van der Waals surface area contributed by atoms with Crippen LogP contribution in [0.5, 0.6) is 0 Å². The Hall–Kier alpha value is -4.62. The first-order valence-electron chi connectivity index (χ1n) is 11.1. The quantitative estimate of drug-likeness (QED) is 0.516. The number of allylic oxidation sites excluding steroid dienone is 2. The molecule has 3 aromatic rings. The van der Waals surface area contributed by atoms with Crippen LogP contribution in [0.4, 0.5) is 10.1 Å². The van der Waals surface area contributed by atoms with Crippen molar-refractivity contribution in [3.63, 3.8) is 0 Å². The maximum Gasteiger partial charge on any atom is 0.337 e. The number of nitrogens with zero attached hydrogens (tertiary/aromatic N) is 2. The number of benzene rings is 3. The van der Waals surface area contributed by atoms with Gasteiger partial charge in [-0.05, 0) is 47.5 Å². The minimum absolute atomic E-state index is 0.0319. The normalized spacial score (nSPS) is 17.9. The van der Waals surface area contributed by atoms with Crippen LogP contribution in [0.25, 0.3) is 5.76 Å². The molecular formula is C27H20FN3O5S. The molecular weight excluding hydrogens is 497 g/mol. The Morgan fingerprint density at radius 3 is 2.43 bits per heavy atom. The van der Waals surface area contributed by atoms with E-state index in [0.717, 1.165) is 0 Å². The lowest BCUT2D eigenvalue weighted by Gasteiger charge is -2.38. The van der Waals surface area contributed by atoms with Crippen molar-refractivity contribution < 1.29 is 27.1 Å². The summed E-state index contributed by atoms with van der Waals surface area (Å²) in [6.07, 6.45) is 0. The second-order valence-electron chi connectivity index (χ2n) is 8.39. The third-order valence-corrected chi connectivity index (χ3v) is 8.15. The molecule has 0 fully saturated rings. The highest BCUT2D eigenvalue weighted by Gasteiger charge is 2.47. The molecule has 2 N–H and O–H groups in total. The molecule has 2 heterocycles. The lowest BCUT2D eigenvalue weighted by atomic mass is 9.88. The Balaban J connectivity index is 1.71. The molecule has 1 unspecified atom stereocenters. The Labute approximate surface area is 212 Å². The molecule has 10 heteroatoms. The number of esters is 1. The first-order chi connectivity index (χ1) is 17.8. The summed E-state index contributed by atoms with van der Waals surface area (Å²) < 4.78 is 53.7. The van der Waals surface area contributed by atoms with E-state index < -0.39 is 27.7 Å². The smallest absolute Gasteiger partial charge is 0.337 e. The summed E-state index contributed by atoms with van der Waals surface area (Å²) in [5.74, 6) is -2.26. The first-order valence-corrected chi connectivity index (χ1v) is 12.6. The second kappa shape index (κ2) is 9.11. The highest BCUT2D eigenvalue weighted by Crippen LogP contribution is 2.51. The standard InChI is InChI=1S/C27H20FN3O5S/c1-35-27(32)18-10-8-17(9-11-18)23-21(14-29)26(30)36-24-20-4-2-3-5-22(20)31(37(33,34)25(23)24)15-16-6-12-19(28)13-7-16/h2-13,23H,15,30H2,1H3. The van der Waals surface area contributed by atoms with Gasteiger partial charge in [-0.2, -0.15) is 5.26 Å². The van der Waals surface area contributed by atoms with Crippen molar-refractivity contribution in [2.24, 2.45) is 5.73 Å². The van der Waals surface area contributed by atoms with E-state index >= 15 is 0 Å². The monoisotopic (exact) mass is 517 g/mol. The molecule has 8 nitrogen and oxygen atoms in total. The van der Waals surface area contributed by atoms with Crippen molar-refractivity contribution in [2.45, 2.75) is 12.5 Å². The van der Waals surface area contributed by atoms with Crippen LogP contribution in [-0.4, -0.2) is 21.5 Å². The van der Waals surface area contributed by atoms with Gasteiger partial charge in [-0.1, -0.05) is 36.4 Å². The van der Waals surface area contributed by atoms with Gasteiger partial charge in [-0.25, -0.2) is 17.6 Å². The van der Waals surface area contributed by atoms with Crippen LogP contribution >= 0.6 is 0 Å². The van der Waals surface area contributed by atoms with E-state index in [9.17, 15) is 22.9 Å². The Morgan fingerprint density at radius 2 is 1.78 bits per heavy atom. The van der Waals surface area contributed by atoms with E-state index in [1.165, 1.54) is 47.8 Å². The topological polar surface area (TPSA) is 123 Å². The van der Waals surface area contributed by atoms with Gasteiger partial charge in [0.05, 0.1) is 30.8 Å². The zero-order valence-electron chi connectivity index (χ0n) is 19.5. The molecule has 0 saturated heterocycles. The minimum atomic E-state index is -4.28. The average Bonchev–Trinajstić information content (AvgIpc) is 2.91. The number of hydrogen-bond acceptors (Lipinski definition) is 7. The van der Waals surface area contributed by atoms with Gasteiger partial charge in [-0.15, -0.1) is 0 Å². The van der Waals surface area contributed by atoms with Gasteiger partial charge in [0.1, 0.15) is 22.4 Å². The maximum atomic E-state index is 14.2. The molecule has 186 valence electrons. The van der Waals surface area contributed by atoms with Gasteiger partial charge in [0.25, 0.3) is 10.0 Å². The van der Waals surface area contributed by atoms with Crippen molar-refractivity contribution in [3.8, 4) is 6.07 Å². The number of methoxy groups -OCH3 is 1. The molecule has 2 aliphatic rings. The molecule has 0 saturated carbocycles. The van der Waals surface area contributed by atoms with E-state index in [1.807, 2.05) is 6.07 Å². The molecule has 1 atom stereocenters. The molecule has 0 aliphatic carbocycles. The Kier molecular flexibility index (Phi) is 5.93. The van der Waals surface area contributed by atoms with Crippen LogP contribution in [0, 0.1) is 17.1 Å². The van der Waals surface area contributed by atoms with E-state index in [-0.39, 0.29) is 34.2 Å². The predicted molar refractivity (Wildman–Crippen MR) is 133 cm³/mol. The number of anilines is 1. The van der Waals surface area contributed by atoms with E-state index in [1.54, 1.807) is 36.4 Å². The summed E-state index contributed by atoms with van der Waals surface area (Å²) in [5, 5.41) is 9.95. The van der Waals surface area contributed by atoms with Gasteiger partial charge >= 0.3 is 5.97 Å². The van der Waals surface area contributed by atoms with Crippen LogP contribution in [-0.2, 0) is 26.0 Å². The number of halogens is 1. The number of hydrogen-bond donors (Lipinski definition) is 1.